The Morgan fingerprint density at radius 3 is 1.73 bits per heavy atom. The van der Waals surface area contributed by atoms with Gasteiger partial charge >= 0.3 is 6.36 Å². The summed E-state index contributed by atoms with van der Waals surface area (Å²) in [6, 6.07) is 12.8. The predicted octanol–water partition coefficient (Wildman–Crippen LogP) is 7.84. The number of carbonyl (C=O) groups excluding carboxylic acids is 5. The molecule has 2 N–H and O–H groups in total. The molecule has 4 heterocycles. The van der Waals surface area contributed by atoms with Crippen LogP contribution >= 0.6 is 0 Å². The van der Waals surface area contributed by atoms with Crippen LogP contribution in [0.1, 0.15) is 111 Å². The molecule has 2 saturated heterocycles. The van der Waals surface area contributed by atoms with Gasteiger partial charge in [-0.15, -0.1) is 13.2 Å². The number of amides is 5. The first-order valence-electron chi connectivity index (χ1n) is 22.5. The van der Waals surface area contributed by atoms with Gasteiger partial charge in [-0.1, -0.05) is 89.0 Å². The standard InChI is InChI=1S/C48H60F3N7O8/c1-27(2)18-34-25-58(47(63)38-24-42(66-55-38)33-10-9-11-36(22-33)64-48(49,50)51)40(44(60)52-34)21-30(6)13-12-29(5)20-35-26-57(39(19-28(3)4)43(59)53-35)46(62)37-23-41(65-54-37)31-14-16-32(17-15-31)45(61)56(7)8/h9-11,14-17,22-24,27-30,34-35,39-40H,12-13,18-21,25-26H2,1-8H3,(H,52,60)(H,53,59)/t29?,30?,34-,35-,39-,40-/m0/s1. The molecule has 0 bridgehead atoms. The largest absolute Gasteiger partial charge is 0.573 e. The maximum absolute atomic E-state index is 14.1. The van der Waals surface area contributed by atoms with E-state index in [4.69, 9.17) is 9.05 Å². The van der Waals surface area contributed by atoms with E-state index < -0.39 is 36.0 Å². The first kappa shape index (κ1) is 49.2. The number of hydrogen-bond acceptors (Lipinski definition) is 10. The number of carbonyl (C=O) groups is 5. The van der Waals surface area contributed by atoms with Gasteiger partial charge in [-0.25, -0.2) is 0 Å². The fraction of sp³-hybridized carbons (Fsp3) is 0.521. The van der Waals surface area contributed by atoms with Crippen molar-refractivity contribution in [1.29, 1.82) is 0 Å². The van der Waals surface area contributed by atoms with Crippen molar-refractivity contribution in [3.8, 4) is 28.4 Å². The van der Waals surface area contributed by atoms with E-state index in [0.29, 0.717) is 49.0 Å². The molecule has 2 aliphatic heterocycles. The Balaban J connectivity index is 1.09. The number of hydrogen-bond donors (Lipinski definition) is 2. The summed E-state index contributed by atoms with van der Waals surface area (Å²) in [5.74, 6) is -1.16. The highest BCUT2D eigenvalue weighted by Crippen LogP contribution is 2.31. The zero-order chi connectivity index (χ0) is 48.0. The molecule has 0 saturated carbocycles. The zero-order valence-electron chi connectivity index (χ0n) is 38.7. The summed E-state index contributed by atoms with van der Waals surface area (Å²) in [5, 5.41) is 14.3. The van der Waals surface area contributed by atoms with Gasteiger partial charge in [0.2, 0.25) is 11.8 Å². The summed E-state index contributed by atoms with van der Waals surface area (Å²) >= 11 is 0. The van der Waals surface area contributed by atoms with Gasteiger partial charge in [-0.2, -0.15) is 0 Å². The maximum Gasteiger partial charge on any atom is 0.573 e. The van der Waals surface area contributed by atoms with Gasteiger partial charge in [-0.05, 0) is 73.6 Å². The van der Waals surface area contributed by atoms with Crippen LogP contribution in [0.25, 0.3) is 22.6 Å². The summed E-state index contributed by atoms with van der Waals surface area (Å²) < 4.78 is 53.7. The molecule has 0 radical (unpaired) electrons. The number of aromatic nitrogens is 2. The third kappa shape index (κ3) is 12.6. The van der Waals surface area contributed by atoms with Crippen molar-refractivity contribution in [3.63, 3.8) is 0 Å². The molecule has 2 aromatic carbocycles. The SMILES string of the molecule is CC(C)C[C@H]1CN(C(=O)c2cc(-c3cccc(OC(F)(F)F)c3)on2)[C@@H](CC(C)CCC(C)C[C@H]2CN(C(=O)c3cc(-c4ccc(C(=O)N(C)C)cc4)on3)[C@@H](CC(C)C)C(=O)N2)C(=O)N1. The molecule has 5 amide bonds. The van der Waals surface area contributed by atoms with E-state index in [2.05, 4.69) is 32.6 Å². The third-order valence-electron chi connectivity index (χ3n) is 12.0. The highest BCUT2D eigenvalue weighted by molar-refractivity contribution is 5.99. The quantitative estimate of drug-likeness (QED) is 0.106. The van der Waals surface area contributed by atoms with Crippen molar-refractivity contribution in [3.05, 3.63) is 77.6 Å². The minimum absolute atomic E-state index is 0.00938. The van der Waals surface area contributed by atoms with E-state index in [-0.39, 0.29) is 89.3 Å². The van der Waals surface area contributed by atoms with Crippen LogP contribution in [0.3, 0.4) is 0 Å². The van der Waals surface area contributed by atoms with E-state index in [1.54, 1.807) is 49.3 Å². The lowest BCUT2D eigenvalue weighted by molar-refractivity contribution is -0.274. The number of halogens is 3. The minimum atomic E-state index is -4.89. The van der Waals surface area contributed by atoms with Gasteiger partial charge < -0.3 is 39.1 Å². The Hall–Kier alpha value is -6.20. The van der Waals surface area contributed by atoms with E-state index >= 15 is 0 Å². The molecule has 66 heavy (non-hydrogen) atoms. The highest BCUT2D eigenvalue weighted by atomic mass is 19.4. The molecule has 6 rings (SSSR count). The van der Waals surface area contributed by atoms with Gasteiger partial charge in [0, 0.05) is 68.1 Å². The van der Waals surface area contributed by atoms with Crippen LogP contribution in [0, 0.1) is 23.7 Å². The average molecular weight is 920 g/mol. The highest BCUT2D eigenvalue weighted by Gasteiger charge is 2.41. The normalized spacial score (nSPS) is 20.0. The molecule has 0 spiro atoms. The Bertz CT molecular complexity index is 2340. The molecule has 2 aromatic heterocycles. The van der Waals surface area contributed by atoms with Crippen LogP contribution in [0.4, 0.5) is 13.2 Å². The van der Waals surface area contributed by atoms with Crippen molar-refractivity contribution in [2.24, 2.45) is 23.7 Å². The number of alkyl halides is 3. The Labute approximate surface area is 382 Å². The number of nitrogens with zero attached hydrogens (tertiary/aromatic N) is 5. The van der Waals surface area contributed by atoms with Gasteiger partial charge in [-0.3, -0.25) is 24.0 Å². The third-order valence-corrected chi connectivity index (χ3v) is 12.0. The first-order valence-corrected chi connectivity index (χ1v) is 22.5. The van der Waals surface area contributed by atoms with Crippen molar-refractivity contribution in [2.75, 3.05) is 27.2 Å². The number of rotatable bonds is 17. The molecule has 2 unspecified atom stereocenters. The molecular weight excluding hydrogens is 860 g/mol. The van der Waals surface area contributed by atoms with E-state index in [1.165, 1.54) is 28.0 Å². The molecule has 6 atom stereocenters. The second-order valence-electron chi connectivity index (χ2n) is 18.9. The Kier molecular flexibility index (Phi) is 15.6. The summed E-state index contributed by atoms with van der Waals surface area (Å²) in [7, 11) is 3.34. The molecular formula is C48H60F3N7O8. The molecule has 15 nitrogen and oxygen atoms in total. The molecule has 356 valence electrons. The van der Waals surface area contributed by atoms with Crippen LogP contribution in [-0.2, 0) is 9.59 Å². The zero-order valence-corrected chi connectivity index (χ0v) is 38.7. The Morgan fingerprint density at radius 2 is 1.21 bits per heavy atom. The topological polar surface area (TPSA) is 180 Å². The van der Waals surface area contributed by atoms with Crippen molar-refractivity contribution < 1.29 is 50.9 Å². The van der Waals surface area contributed by atoms with Gasteiger partial charge in [0.05, 0.1) is 0 Å². The van der Waals surface area contributed by atoms with E-state index in [9.17, 15) is 37.1 Å². The smallest absolute Gasteiger partial charge is 0.406 e. The van der Waals surface area contributed by atoms with Crippen LogP contribution in [-0.4, -0.2) is 112 Å². The van der Waals surface area contributed by atoms with Gasteiger partial charge in [0.25, 0.3) is 17.7 Å². The van der Waals surface area contributed by atoms with Gasteiger partial charge in [0.15, 0.2) is 22.9 Å². The summed E-state index contributed by atoms with van der Waals surface area (Å²) in [6.07, 6.45) is -1.40. The lowest BCUT2D eigenvalue weighted by Gasteiger charge is -2.41. The predicted molar refractivity (Wildman–Crippen MR) is 238 cm³/mol. The second kappa shape index (κ2) is 21.0. The fourth-order valence-corrected chi connectivity index (χ4v) is 8.77. The number of benzene rings is 2. The van der Waals surface area contributed by atoms with E-state index in [1.807, 2.05) is 34.6 Å². The van der Waals surface area contributed by atoms with Crippen molar-refractivity contribution in [1.82, 2.24) is 35.6 Å². The number of nitrogens with one attached hydrogen (secondary N) is 2. The van der Waals surface area contributed by atoms with Crippen LogP contribution < -0.4 is 15.4 Å². The summed E-state index contributed by atoms with van der Waals surface area (Å²) in [5.41, 5.74) is 1.36. The summed E-state index contributed by atoms with van der Waals surface area (Å²) in [6.45, 7) is 12.7. The summed E-state index contributed by atoms with van der Waals surface area (Å²) in [4.78, 5) is 72.5. The maximum atomic E-state index is 14.1. The Morgan fingerprint density at radius 1 is 0.712 bits per heavy atom. The molecule has 2 aliphatic rings. The molecule has 0 aliphatic carbocycles. The fourth-order valence-electron chi connectivity index (χ4n) is 8.77. The average Bonchev–Trinajstić information content (AvgIpc) is 3.95. The lowest BCUT2D eigenvalue weighted by Crippen LogP contribution is -2.62. The molecule has 2 fully saturated rings. The lowest BCUT2D eigenvalue weighted by atomic mass is 9.87. The number of ether oxygens (including phenoxy) is 1. The minimum Gasteiger partial charge on any atom is -0.406 e. The second-order valence-corrected chi connectivity index (χ2v) is 18.9. The molecule has 4 aromatic rings. The van der Waals surface area contributed by atoms with Crippen molar-refractivity contribution in [2.45, 2.75) is 111 Å². The first-order chi connectivity index (χ1) is 31.1. The van der Waals surface area contributed by atoms with Crippen molar-refractivity contribution >= 4 is 29.5 Å². The number of piperazine rings is 2. The van der Waals surface area contributed by atoms with Crippen LogP contribution in [0.5, 0.6) is 5.75 Å². The van der Waals surface area contributed by atoms with Crippen LogP contribution in [0.2, 0.25) is 0 Å². The van der Waals surface area contributed by atoms with Gasteiger partial charge in [0.1, 0.15) is 17.8 Å². The van der Waals surface area contributed by atoms with Crippen LogP contribution in [0.15, 0.2) is 69.7 Å². The van der Waals surface area contributed by atoms with E-state index in [0.717, 1.165) is 18.6 Å². The molecule has 18 heteroatoms. The monoisotopic (exact) mass is 919 g/mol.